The average molecular weight is 211 g/mol. The number of nitrogens with one attached hydrogen (secondary N) is 1. The molecule has 3 heteroatoms. The van der Waals surface area contributed by atoms with Crippen molar-refractivity contribution in [2.75, 3.05) is 19.6 Å². The van der Waals surface area contributed by atoms with E-state index in [1.165, 1.54) is 25.8 Å². The maximum absolute atomic E-state index is 7.58. The standard InChI is InChI=1S/C12H25N3/c1-3-4-5-8-15-9-6-12(2,7-10-15)11(13)14/h3-10H2,1-2H3,(H3,13,14). The molecule has 15 heavy (non-hydrogen) atoms. The van der Waals surface area contributed by atoms with Gasteiger partial charge in [-0.3, -0.25) is 5.41 Å². The fourth-order valence-corrected chi connectivity index (χ4v) is 2.12. The summed E-state index contributed by atoms with van der Waals surface area (Å²) in [7, 11) is 0. The lowest BCUT2D eigenvalue weighted by molar-refractivity contribution is 0.160. The van der Waals surface area contributed by atoms with Gasteiger partial charge >= 0.3 is 0 Å². The fraction of sp³-hybridized carbons (Fsp3) is 0.917. The number of amidine groups is 1. The maximum Gasteiger partial charge on any atom is 0.0966 e. The van der Waals surface area contributed by atoms with Crippen molar-refractivity contribution >= 4 is 5.84 Å². The lowest BCUT2D eigenvalue weighted by Crippen LogP contribution is -2.45. The second-order valence-corrected chi connectivity index (χ2v) is 5.02. The van der Waals surface area contributed by atoms with Gasteiger partial charge in [0.15, 0.2) is 0 Å². The first-order valence-corrected chi connectivity index (χ1v) is 6.15. The molecular weight excluding hydrogens is 186 g/mol. The zero-order valence-corrected chi connectivity index (χ0v) is 10.2. The number of rotatable bonds is 5. The van der Waals surface area contributed by atoms with Gasteiger partial charge in [-0.15, -0.1) is 0 Å². The average Bonchev–Trinajstić information content (AvgIpc) is 2.21. The van der Waals surface area contributed by atoms with Crippen LogP contribution in [0.25, 0.3) is 0 Å². The van der Waals surface area contributed by atoms with Gasteiger partial charge in [-0.25, -0.2) is 0 Å². The smallest absolute Gasteiger partial charge is 0.0966 e. The van der Waals surface area contributed by atoms with Gasteiger partial charge in [0.1, 0.15) is 0 Å². The van der Waals surface area contributed by atoms with Gasteiger partial charge in [-0.05, 0) is 38.9 Å². The molecule has 3 nitrogen and oxygen atoms in total. The normalized spacial score (nSPS) is 21.5. The van der Waals surface area contributed by atoms with E-state index in [0.717, 1.165) is 25.9 Å². The topological polar surface area (TPSA) is 53.1 Å². The molecule has 1 heterocycles. The molecular formula is C12H25N3. The van der Waals surface area contributed by atoms with Crippen LogP contribution in [0.4, 0.5) is 0 Å². The van der Waals surface area contributed by atoms with E-state index in [1.807, 2.05) is 0 Å². The molecule has 0 aliphatic carbocycles. The van der Waals surface area contributed by atoms with Gasteiger partial charge in [-0.2, -0.15) is 0 Å². The van der Waals surface area contributed by atoms with E-state index in [4.69, 9.17) is 11.1 Å². The third kappa shape index (κ3) is 3.49. The minimum absolute atomic E-state index is 0.0265. The summed E-state index contributed by atoms with van der Waals surface area (Å²) in [6.45, 7) is 7.81. The Labute approximate surface area is 93.5 Å². The molecule has 0 amide bonds. The third-order valence-electron chi connectivity index (χ3n) is 3.69. The van der Waals surface area contributed by atoms with Crippen LogP contribution in [0, 0.1) is 10.8 Å². The van der Waals surface area contributed by atoms with Crippen LogP contribution in [-0.2, 0) is 0 Å². The molecule has 0 bridgehead atoms. The zero-order valence-electron chi connectivity index (χ0n) is 10.2. The highest BCUT2D eigenvalue weighted by atomic mass is 15.1. The predicted octanol–water partition coefficient (Wildman–Crippen LogP) is 2.21. The van der Waals surface area contributed by atoms with E-state index in [-0.39, 0.29) is 5.41 Å². The molecule has 1 aliphatic heterocycles. The summed E-state index contributed by atoms with van der Waals surface area (Å²) in [6.07, 6.45) is 6.04. The number of nitrogens with two attached hydrogens (primary N) is 1. The molecule has 88 valence electrons. The summed E-state index contributed by atoms with van der Waals surface area (Å²) < 4.78 is 0. The van der Waals surface area contributed by atoms with Crippen molar-refractivity contribution < 1.29 is 0 Å². The van der Waals surface area contributed by atoms with E-state index < -0.39 is 0 Å². The molecule has 0 aromatic rings. The van der Waals surface area contributed by atoms with Gasteiger partial charge < -0.3 is 10.6 Å². The zero-order chi connectivity index (χ0) is 11.3. The Morgan fingerprint density at radius 2 is 1.93 bits per heavy atom. The Balaban J connectivity index is 2.26. The van der Waals surface area contributed by atoms with Crippen LogP contribution in [0.3, 0.4) is 0 Å². The molecule has 0 radical (unpaired) electrons. The van der Waals surface area contributed by atoms with Gasteiger partial charge in [0.25, 0.3) is 0 Å². The summed E-state index contributed by atoms with van der Waals surface area (Å²) in [4.78, 5) is 2.51. The van der Waals surface area contributed by atoms with Crippen molar-refractivity contribution in [3.63, 3.8) is 0 Å². The van der Waals surface area contributed by atoms with Gasteiger partial charge in [0.2, 0.25) is 0 Å². The van der Waals surface area contributed by atoms with E-state index in [9.17, 15) is 0 Å². The number of unbranched alkanes of at least 4 members (excludes halogenated alkanes) is 2. The second-order valence-electron chi connectivity index (χ2n) is 5.02. The summed E-state index contributed by atoms with van der Waals surface area (Å²) in [5, 5.41) is 7.58. The second kappa shape index (κ2) is 5.50. The molecule has 1 aliphatic rings. The molecule has 0 aromatic heterocycles. The molecule has 1 rings (SSSR count). The van der Waals surface area contributed by atoms with Crippen LogP contribution in [0.15, 0.2) is 0 Å². The van der Waals surface area contributed by atoms with Gasteiger partial charge in [0, 0.05) is 5.41 Å². The molecule has 0 unspecified atom stereocenters. The van der Waals surface area contributed by atoms with Crippen molar-refractivity contribution in [2.24, 2.45) is 11.1 Å². The quantitative estimate of drug-likeness (QED) is 0.416. The molecule has 3 N–H and O–H groups in total. The van der Waals surface area contributed by atoms with E-state index in [2.05, 4.69) is 18.7 Å². The SMILES string of the molecule is CCCCCN1CCC(C)(C(=N)N)CC1. The highest BCUT2D eigenvalue weighted by Gasteiger charge is 2.32. The van der Waals surface area contributed by atoms with Gasteiger partial charge in [0.05, 0.1) is 5.84 Å². The monoisotopic (exact) mass is 211 g/mol. The number of nitrogens with zero attached hydrogens (tertiary/aromatic N) is 1. The number of piperidine rings is 1. The van der Waals surface area contributed by atoms with Crippen molar-refractivity contribution in [3.8, 4) is 0 Å². The highest BCUT2D eigenvalue weighted by molar-refractivity contribution is 5.83. The maximum atomic E-state index is 7.58. The summed E-state index contributed by atoms with van der Waals surface area (Å²) in [5.41, 5.74) is 5.61. The number of hydrogen-bond acceptors (Lipinski definition) is 2. The Hall–Kier alpha value is -0.570. The van der Waals surface area contributed by atoms with Crippen LogP contribution in [0.1, 0.15) is 46.0 Å². The van der Waals surface area contributed by atoms with E-state index in [1.54, 1.807) is 0 Å². The Morgan fingerprint density at radius 3 is 2.40 bits per heavy atom. The van der Waals surface area contributed by atoms with Gasteiger partial charge in [-0.1, -0.05) is 26.7 Å². The van der Waals surface area contributed by atoms with E-state index >= 15 is 0 Å². The molecule has 1 fully saturated rings. The van der Waals surface area contributed by atoms with Crippen LogP contribution in [0.5, 0.6) is 0 Å². The lowest BCUT2D eigenvalue weighted by Gasteiger charge is -2.38. The Morgan fingerprint density at radius 1 is 1.33 bits per heavy atom. The van der Waals surface area contributed by atoms with Crippen LogP contribution in [-0.4, -0.2) is 30.4 Å². The minimum atomic E-state index is -0.0265. The number of hydrogen-bond donors (Lipinski definition) is 2. The first kappa shape index (κ1) is 12.5. The van der Waals surface area contributed by atoms with E-state index in [0.29, 0.717) is 5.84 Å². The van der Waals surface area contributed by atoms with Crippen LogP contribution in [0.2, 0.25) is 0 Å². The first-order chi connectivity index (χ1) is 7.08. The molecule has 0 aromatic carbocycles. The summed E-state index contributed by atoms with van der Waals surface area (Å²) in [5.74, 6) is 0.371. The van der Waals surface area contributed by atoms with Crippen molar-refractivity contribution in [2.45, 2.75) is 46.0 Å². The Kier molecular flexibility index (Phi) is 4.58. The molecule has 0 atom stereocenters. The fourth-order valence-electron chi connectivity index (χ4n) is 2.12. The predicted molar refractivity (Wildman–Crippen MR) is 65.2 cm³/mol. The molecule has 0 saturated carbocycles. The minimum Gasteiger partial charge on any atom is -0.387 e. The van der Waals surface area contributed by atoms with Crippen LogP contribution < -0.4 is 5.73 Å². The van der Waals surface area contributed by atoms with Crippen LogP contribution >= 0.6 is 0 Å². The van der Waals surface area contributed by atoms with Crippen molar-refractivity contribution in [1.29, 1.82) is 5.41 Å². The van der Waals surface area contributed by atoms with Crippen molar-refractivity contribution in [3.05, 3.63) is 0 Å². The molecule has 0 spiro atoms. The summed E-state index contributed by atoms with van der Waals surface area (Å²) in [6, 6.07) is 0. The Bertz CT molecular complexity index is 205. The summed E-state index contributed by atoms with van der Waals surface area (Å²) >= 11 is 0. The largest absolute Gasteiger partial charge is 0.387 e. The van der Waals surface area contributed by atoms with Crippen molar-refractivity contribution in [1.82, 2.24) is 4.90 Å². The first-order valence-electron chi connectivity index (χ1n) is 6.15. The lowest BCUT2D eigenvalue weighted by atomic mass is 9.79. The highest BCUT2D eigenvalue weighted by Crippen LogP contribution is 2.30. The molecule has 1 saturated heterocycles. The number of likely N-dealkylation sites (tertiary alicyclic amines) is 1. The third-order valence-corrected chi connectivity index (χ3v) is 3.69.